The van der Waals surface area contributed by atoms with Crippen LogP contribution in [0.15, 0.2) is 105 Å². The molecular formula is C42H44N12O14S2. The monoisotopic (exact) mass is 1000 g/mol. The van der Waals surface area contributed by atoms with Crippen LogP contribution in [0.4, 0.5) is 46.5 Å². The number of aromatic amines is 2. The predicted molar refractivity (Wildman–Crippen MR) is 251 cm³/mol. The molecule has 0 aliphatic heterocycles. The van der Waals surface area contributed by atoms with Gasteiger partial charge in [-0.25, -0.2) is 19.6 Å². The molecule has 368 valence electrons. The maximum atomic E-state index is 12.8. The van der Waals surface area contributed by atoms with Crippen LogP contribution in [0.25, 0.3) is 12.2 Å². The predicted octanol–water partition coefficient (Wildman–Crippen LogP) is 1.52. The van der Waals surface area contributed by atoms with E-state index in [1.54, 1.807) is 0 Å². The van der Waals surface area contributed by atoms with E-state index in [9.17, 15) is 66.2 Å². The molecule has 0 bridgehead atoms. The Morgan fingerprint density at radius 3 is 1.19 bits per heavy atom. The first-order valence-electron chi connectivity index (χ1n) is 20.5. The van der Waals surface area contributed by atoms with Gasteiger partial charge in [-0.2, -0.15) is 36.8 Å². The van der Waals surface area contributed by atoms with Crippen molar-refractivity contribution in [3.8, 4) is 0 Å². The number of aliphatic hydroxyl groups is 4. The molecule has 0 atom stereocenters. The number of carboxylic acids is 2. The highest BCUT2D eigenvalue weighted by atomic mass is 32.2. The van der Waals surface area contributed by atoms with Crippen LogP contribution in [0.3, 0.4) is 0 Å². The van der Waals surface area contributed by atoms with Crippen LogP contribution in [-0.4, -0.2) is 151 Å². The Kier molecular flexibility index (Phi) is 16.8. The van der Waals surface area contributed by atoms with Gasteiger partial charge >= 0.3 is 11.9 Å². The SMILES string of the molecule is O=C(O)c1ccc(Nc2nc(N(CCO)CCO)[nH]c(=Nc3ccc(C=Cc4ccc(N=c5nc(Nc6ccc(C(=O)O)cc6)nc(N(CCO)CCO)[nH]5)cc4S(=O)(=O)O)c(S(=O)(=O)O)c3)n2)cc1. The molecule has 0 saturated heterocycles. The molecule has 0 aliphatic carbocycles. The Balaban J connectivity index is 1.37. The van der Waals surface area contributed by atoms with Crippen molar-refractivity contribution in [3.05, 3.63) is 118 Å². The maximum Gasteiger partial charge on any atom is 0.335 e. The summed E-state index contributed by atoms with van der Waals surface area (Å²) in [6.07, 6.45) is 2.31. The van der Waals surface area contributed by atoms with Crippen LogP contribution in [0.1, 0.15) is 31.8 Å². The highest BCUT2D eigenvalue weighted by molar-refractivity contribution is 7.86. The van der Waals surface area contributed by atoms with Crippen molar-refractivity contribution < 1.29 is 66.2 Å². The molecule has 0 aliphatic rings. The number of nitrogens with one attached hydrogen (secondary N) is 4. The van der Waals surface area contributed by atoms with E-state index in [1.165, 1.54) is 82.6 Å². The zero-order valence-electron chi connectivity index (χ0n) is 36.3. The second-order valence-electron chi connectivity index (χ2n) is 14.5. The standard InChI is InChI=1S/C42H44N12O14S2/c55-19-15-53(16-20-56)41-49-37(43-29-9-5-27(6-10-29)35(59)60)47-39(51-41)45-31-13-3-25(33(23-31)69(63,64)65)1-2-26-4-14-32(24-34(26)70(66,67)68)46-40-48-38(44-30-11-7-28(8-12-30)36(61)62)50-42(52-40)54(17-21-57)18-22-58/h1-14,23-24,55-58H,15-22H2,(H,59,60)(H,61,62)(H,63,64,65)(H,66,67,68)(H2,43,45,47,49,51)(H2,44,46,48,50,52). The normalized spacial score (nSPS) is 12.3. The minimum absolute atomic E-state index is 0.0116. The second kappa shape index (κ2) is 22.9. The summed E-state index contributed by atoms with van der Waals surface area (Å²) >= 11 is 0. The number of anilines is 6. The fourth-order valence-electron chi connectivity index (χ4n) is 6.39. The number of hydrogen-bond donors (Lipinski definition) is 12. The lowest BCUT2D eigenvalue weighted by Crippen LogP contribution is -2.33. The van der Waals surface area contributed by atoms with Crippen molar-refractivity contribution in [2.24, 2.45) is 9.98 Å². The van der Waals surface area contributed by atoms with Crippen molar-refractivity contribution in [2.45, 2.75) is 9.79 Å². The van der Waals surface area contributed by atoms with E-state index in [0.717, 1.165) is 24.3 Å². The first-order valence-corrected chi connectivity index (χ1v) is 23.4. The average Bonchev–Trinajstić information content (AvgIpc) is 3.31. The quantitative estimate of drug-likeness (QED) is 0.0339. The summed E-state index contributed by atoms with van der Waals surface area (Å²) in [5, 5.41) is 63.0. The lowest BCUT2D eigenvalue weighted by molar-refractivity contribution is 0.0686. The van der Waals surface area contributed by atoms with Gasteiger partial charge in [0, 0.05) is 37.6 Å². The third kappa shape index (κ3) is 13.8. The van der Waals surface area contributed by atoms with E-state index in [-0.39, 0.29) is 121 Å². The fourth-order valence-corrected chi connectivity index (χ4v) is 7.80. The van der Waals surface area contributed by atoms with Crippen LogP contribution in [0.5, 0.6) is 0 Å². The minimum atomic E-state index is -5.00. The van der Waals surface area contributed by atoms with Gasteiger partial charge in [-0.1, -0.05) is 24.3 Å². The van der Waals surface area contributed by atoms with E-state index in [0.29, 0.717) is 11.4 Å². The van der Waals surface area contributed by atoms with Crippen LogP contribution < -0.4 is 31.7 Å². The van der Waals surface area contributed by atoms with E-state index in [1.807, 2.05) is 0 Å². The van der Waals surface area contributed by atoms with Gasteiger partial charge in [0.05, 0.1) is 48.9 Å². The van der Waals surface area contributed by atoms with E-state index >= 15 is 0 Å². The third-order valence-electron chi connectivity index (χ3n) is 9.61. The van der Waals surface area contributed by atoms with Gasteiger partial charge in [0.1, 0.15) is 9.79 Å². The fraction of sp³-hybridized carbons (Fsp3) is 0.190. The molecule has 2 aromatic heterocycles. The van der Waals surface area contributed by atoms with Crippen molar-refractivity contribution in [1.29, 1.82) is 0 Å². The molecule has 0 amide bonds. The van der Waals surface area contributed by atoms with Crippen LogP contribution in [-0.2, 0) is 20.2 Å². The Morgan fingerprint density at radius 2 is 0.886 bits per heavy atom. The molecule has 2 heterocycles. The van der Waals surface area contributed by atoms with Crippen LogP contribution in [0.2, 0.25) is 0 Å². The summed E-state index contributed by atoms with van der Waals surface area (Å²) in [4.78, 5) is 56.1. The average molecular weight is 1010 g/mol. The molecule has 28 heteroatoms. The number of aromatic carboxylic acids is 2. The van der Waals surface area contributed by atoms with Gasteiger partial charge in [0.2, 0.25) is 35.0 Å². The molecule has 6 rings (SSSR count). The van der Waals surface area contributed by atoms with Gasteiger partial charge in [-0.15, -0.1) is 0 Å². The largest absolute Gasteiger partial charge is 0.478 e. The summed E-state index contributed by atoms with van der Waals surface area (Å²) in [6.45, 7) is -1.29. The highest BCUT2D eigenvalue weighted by Gasteiger charge is 2.19. The van der Waals surface area contributed by atoms with Crippen molar-refractivity contribution in [3.63, 3.8) is 0 Å². The number of nitrogens with zero attached hydrogens (tertiary/aromatic N) is 8. The number of carbonyl (C=O) groups is 2. The Labute approximate surface area is 396 Å². The van der Waals surface area contributed by atoms with Gasteiger partial charge in [0.15, 0.2) is 0 Å². The lowest BCUT2D eigenvalue weighted by Gasteiger charge is -2.21. The first-order chi connectivity index (χ1) is 33.4. The molecular weight excluding hydrogens is 961 g/mol. The summed E-state index contributed by atoms with van der Waals surface area (Å²) in [5.74, 6) is -2.31. The van der Waals surface area contributed by atoms with E-state index in [2.05, 4.69) is 50.5 Å². The summed E-state index contributed by atoms with van der Waals surface area (Å²) in [6, 6.07) is 18.4. The van der Waals surface area contributed by atoms with Crippen molar-refractivity contribution in [2.75, 3.05) is 73.0 Å². The number of benzene rings is 4. The van der Waals surface area contributed by atoms with E-state index in [4.69, 9.17) is 0 Å². The molecule has 0 unspecified atom stereocenters. The number of carboxylic acid groups (broad SMARTS) is 2. The summed E-state index contributed by atoms with van der Waals surface area (Å²) in [7, 11) is -10.0. The molecule has 70 heavy (non-hydrogen) atoms. The number of aromatic nitrogens is 6. The Hall–Kier alpha value is -7.96. The number of hydrogen-bond acceptors (Lipinski definition) is 20. The molecule has 0 spiro atoms. The molecule has 26 nitrogen and oxygen atoms in total. The topological polar surface area (TPSA) is 403 Å². The molecule has 0 radical (unpaired) electrons. The maximum absolute atomic E-state index is 12.8. The molecule has 0 saturated carbocycles. The Bertz CT molecular complexity index is 3030. The first kappa shape index (κ1) is 51.4. The van der Waals surface area contributed by atoms with Gasteiger partial charge < -0.3 is 51.1 Å². The van der Waals surface area contributed by atoms with Gasteiger partial charge in [-0.05, 0) is 83.9 Å². The smallest absolute Gasteiger partial charge is 0.335 e. The molecule has 4 aromatic carbocycles. The summed E-state index contributed by atoms with van der Waals surface area (Å²) in [5.41, 5.74) is -0.00112. The van der Waals surface area contributed by atoms with Crippen LogP contribution in [0, 0.1) is 0 Å². The Morgan fingerprint density at radius 1 is 0.543 bits per heavy atom. The summed E-state index contributed by atoms with van der Waals surface area (Å²) < 4.78 is 71.7. The number of aliphatic hydroxyl groups excluding tert-OH is 4. The lowest BCUT2D eigenvalue weighted by atomic mass is 10.1. The highest BCUT2D eigenvalue weighted by Crippen LogP contribution is 2.28. The molecule has 6 aromatic rings. The molecule has 12 N–H and O–H groups in total. The van der Waals surface area contributed by atoms with E-state index < -0.39 is 42.0 Å². The second-order valence-corrected chi connectivity index (χ2v) is 17.3. The van der Waals surface area contributed by atoms with Crippen molar-refractivity contribution in [1.82, 2.24) is 29.9 Å². The number of rotatable bonds is 22. The third-order valence-corrected chi connectivity index (χ3v) is 11.4. The van der Waals surface area contributed by atoms with Crippen molar-refractivity contribution >= 4 is 90.9 Å². The minimum Gasteiger partial charge on any atom is -0.478 e. The molecule has 0 fully saturated rings. The zero-order valence-corrected chi connectivity index (χ0v) is 37.9. The van der Waals surface area contributed by atoms with Gasteiger partial charge in [-0.3, -0.25) is 19.1 Å². The number of H-pyrrole nitrogens is 2. The van der Waals surface area contributed by atoms with Crippen LogP contribution >= 0.6 is 0 Å². The van der Waals surface area contributed by atoms with Gasteiger partial charge in [0.25, 0.3) is 20.2 Å². The zero-order chi connectivity index (χ0) is 50.6.